The third-order valence-corrected chi connectivity index (χ3v) is 0.484. The van der Waals surface area contributed by atoms with Crippen LogP contribution in [0.4, 0.5) is 4.39 Å². The van der Waals surface area contributed by atoms with Gasteiger partial charge in [-0.3, -0.25) is 0 Å². The summed E-state index contributed by atoms with van der Waals surface area (Å²) in [5.41, 5.74) is 5.02. The minimum atomic E-state index is -0.417. The molecular weight excluding hydrogens is 133 g/mol. The largest absolute Gasteiger partial charge is 0.377 e. The van der Waals surface area contributed by atoms with E-state index >= 15 is 0 Å². The van der Waals surface area contributed by atoms with Crippen molar-refractivity contribution < 1.29 is 9.13 Å². The number of rotatable bonds is 4. The molecule has 2 N–H and O–H groups in total. The summed E-state index contributed by atoms with van der Waals surface area (Å²) in [5, 5.41) is 0. The molecule has 8 heavy (non-hydrogen) atoms. The summed E-state index contributed by atoms with van der Waals surface area (Å²) in [6.07, 6.45) is 0. The Balaban J connectivity index is 0. The molecule has 0 atom stereocenters. The first-order valence-electron chi connectivity index (χ1n) is 2.25. The SMILES string of the molecule is Cl.NCCOCCF. The van der Waals surface area contributed by atoms with Gasteiger partial charge in [-0.1, -0.05) is 0 Å². The Hall–Kier alpha value is 0.140. The van der Waals surface area contributed by atoms with E-state index in [-0.39, 0.29) is 19.0 Å². The van der Waals surface area contributed by atoms with E-state index in [0.29, 0.717) is 13.2 Å². The summed E-state index contributed by atoms with van der Waals surface area (Å²) in [4.78, 5) is 0. The van der Waals surface area contributed by atoms with Crippen LogP contribution in [0.1, 0.15) is 0 Å². The van der Waals surface area contributed by atoms with Gasteiger partial charge in [0.2, 0.25) is 0 Å². The molecule has 0 bridgehead atoms. The van der Waals surface area contributed by atoms with Crippen molar-refractivity contribution in [2.24, 2.45) is 5.73 Å². The van der Waals surface area contributed by atoms with Gasteiger partial charge in [0.1, 0.15) is 6.67 Å². The fraction of sp³-hybridized carbons (Fsp3) is 1.00. The molecule has 0 heterocycles. The van der Waals surface area contributed by atoms with Crippen LogP contribution in [0.15, 0.2) is 0 Å². The van der Waals surface area contributed by atoms with E-state index in [1.54, 1.807) is 0 Å². The number of hydrogen-bond donors (Lipinski definition) is 1. The number of hydrogen-bond acceptors (Lipinski definition) is 2. The van der Waals surface area contributed by atoms with Crippen LogP contribution in [0.25, 0.3) is 0 Å². The van der Waals surface area contributed by atoms with Crippen LogP contribution < -0.4 is 5.73 Å². The molecule has 0 aromatic rings. The lowest BCUT2D eigenvalue weighted by molar-refractivity contribution is 0.126. The molecule has 4 heteroatoms. The van der Waals surface area contributed by atoms with E-state index in [0.717, 1.165) is 0 Å². The van der Waals surface area contributed by atoms with Gasteiger partial charge in [0, 0.05) is 6.54 Å². The lowest BCUT2D eigenvalue weighted by Crippen LogP contribution is -2.09. The van der Waals surface area contributed by atoms with Crippen LogP contribution >= 0.6 is 12.4 Å². The molecule has 0 aromatic carbocycles. The summed E-state index contributed by atoms with van der Waals surface area (Å²) >= 11 is 0. The van der Waals surface area contributed by atoms with Gasteiger partial charge in [0.15, 0.2) is 0 Å². The number of nitrogens with two attached hydrogens (primary N) is 1. The molecule has 0 rings (SSSR count). The molecule has 52 valence electrons. The zero-order valence-corrected chi connectivity index (χ0v) is 5.42. The molecule has 0 unspecified atom stereocenters. The monoisotopic (exact) mass is 143 g/mol. The highest BCUT2D eigenvalue weighted by atomic mass is 35.5. The third kappa shape index (κ3) is 9.46. The molecule has 0 aliphatic rings. The molecule has 0 aliphatic carbocycles. The van der Waals surface area contributed by atoms with Gasteiger partial charge in [-0.25, -0.2) is 4.39 Å². The molecule has 0 saturated heterocycles. The maximum Gasteiger partial charge on any atom is 0.113 e. The normalized spacial score (nSPS) is 8.25. The first-order valence-corrected chi connectivity index (χ1v) is 2.25. The van der Waals surface area contributed by atoms with E-state index in [9.17, 15) is 4.39 Å². The predicted octanol–water partition coefficient (Wildman–Crippen LogP) is 0.353. The van der Waals surface area contributed by atoms with E-state index in [4.69, 9.17) is 5.73 Å². The average molecular weight is 144 g/mol. The van der Waals surface area contributed by atoms with Crippen molar-refractivity contribution in [1.29, 1.82) is 0 Å². The number of halogens is 2. The Morgan fingerprint density at radius 3 is 2.38 bits per heavy atom. The second-order valence-electron chi connectivity index (χ2n) is 1.09. The Morgan fingerprint density at radius 1 is 1.38 bits per heavy atom. The van der Waals surface area contributed by atoms with Crippen molar-refractivity contribution >= 4 is 12.4 Å². The van der Waals surface area contributed by atoms with Gasteiger partial charge < -0.3 is 10.5 Å². The van der Waals surface area contributed by atoms with Crippen LogP contribution in [0.2, 0.25) is 0 Å². The molecule has 2 nitrogen and oxygen atoms in total. The summed E-state index contributed by atoms with van der Waals surface area (Å²) in [6, 6.07) is 0. The van der Waals surface area contributed by atoms with Crippen LogP contribution in [-0.4, -0.2) is 26.4 Å². The number of alkyl halides is 1. The van der Waals surface area contributed by atoms with Crippen molar-refractivity contribution in [3.63, 3.8) is 0 Å². The fourth-order valence-corrected chi connectivity index (χ4v) is 0.240. The Labute approximate surface area is 54.6 Å². The van der Waals surface area contributed by atoms with E-state index in [1.807, 2.05) is 0 Å². The highest BCUT2D eigenvalue weighted by Gasteiger charge is 1.80. The zero-order chi connectivity index (χ0) is 5.54. The van der Waals surface area contributed by atoms with Gasteiger partial charge in [0.05, 0.1) is 13.2 Å². The van der Waals surface area contributed by atoms with Gasteiger partial charge in [-0.2, -0.15) is 0 Å². The smallest absolute Gasteiger partial charge is 0.113 e. The van der Waals surface area contributed by atoms with Crippen molar-refractivity contribution in [1.82, 2.24) is 0 Å². The maximum absolute atomic E-state index is 11.2. The third-order valence-electron chi connectivity index (χ3n) is 0.484. The minimum Gasteiger partial charge on any atom is -0.377 e. The van der Waals surface area contributed by atoms with Gasteiger partial charge in [-0.05, 0) is 0 Å². The standard InChI is InChI=1S/C4H10FNO.ClH/c5-1-3-7-4-2-6;/h1-4,6H2;1H. The second kappa shape index (κ2) is 10.2. The Morgan fingerprint density at radius 2 is 2.00 bits per heavy atom. The molecule has 0 saturated carbocycles. The first-order chi connectivity index (χ1) is 3.41. The Bertz CT molecular complexity index is 35.2. The molecule has 0 aromatic heterocycles. The van der Waals surface area contributed by atoms with Gasteiger partial charge in [0.25, 0.3) is 0 Å². The molecule has 0 radical (unpaired) electrons. The average Bonchev–Trinajstić information content (AvgIpc) is 1.69. The fourth-order valence-electron chi connectivity index (χ4n) is 0.240. The van der Waals surface area contributed by atoms with E-state index < -0.39 is 6.67 Å². The summed E-state index contributed by atoms with van der Waals surface area (Å²) < 4.78 is 15.8. The van der Waals surface area contributed by atoms with Crippen molar-refractivity contribution in [2.75, 3.05) is 26.4 Å². The summed E-state index contributed by atoms with van der Waals surface area (Å²) in [7, 11) is 0. The zero-order valence-electron chi connectivity index (χ0n) is 4.60. The van der Waals surface area contributed by atoms with E-state index in [1.165, 1.54) is 0 Å². The second-order valence-corrected chi connectivity index (χ2v) is 1.09. The first kappa shape index (κ1) is 11.0. The Kier molecular flexibility index (Phi) is 14.0. The predicted molar refractivity (Wildman–Crippen MR) is 33.1 cm³/mol. The van der Waals surface area contributed by atoms with Crippen LogP contribution in [0.5, 0.6) is 0 Å². The molecule has 0 amide bonds. The molecule has 0 spiro atoms. The van der Waals surface area contributed by atoms with Gasteiger partial charge >= 0.3 is 0 Å². The summed E-state index contributed by atoms with van der Waals surface area (Å²) in [6.45, 7) is 0.696. The van der Waals surface area contributed by atoms with Crippen molar-refractivity contribution in [3.8, 4) is 0 Å². The lowest BCUT2D eigenvalue weighted by Gasteiger charge is -1.94. The molecule has 0 fully saturated rings. The molecule has 0 aliphatic heterocycles. The van der Waals surface area contributed by atoms with Gasteiger partial charge in [-0.15, -0.1) is 12.4 Å². The lowest BCUT2D eigenvalue weighted by atomic mass is 10.7. The van der Waals surface area contributed by atoms with Crippen molar-refractivity contribution in [3.05, 3.63) is 0 Å². The minimum absolute atomic E-state index is 0. The quantitative estimate of drug-likeness (QED) is 0.577. The molecular formula is C4H11ClFNO. The number of ether oxygens (including phenoxy) is 1. The topological polar surface area (TPSA) is 35.2 Å². The van der Waals surface area contributed by atoms with Crippen LogP contribution in [0, 0.1) is 0 Å². The van der Waals surface area contributed by atoms with Crippen molar-refractivity contribution in [2.45, 2.75) is 0 Å². The maximum atomic E-state index is 11.2. The highest BCUT2D eigenvalue weighted by Crippen LogP contribution is 1.71. The highest BCUT2D eigenvalue weighted by molar-refractivity contribution is 5.85. The van der Waals surface area contributed by atoms with E-state index in [2.05, 4.69) is 4.74 Å². The van der Waals surface area contributed by atoms with Crippen LogP contribution in [-0.2, 0) is 4.74 Å². The van der Waals surface area contributed by atoms with Crippen LogP contribution in [0.3, 0.4) is 0 Å². The summed E-state index contributed by atoms with van der Waals surface area (Å²) in [5.74, 6) is 0.